The summed E-state index contributed by atoms with van der Waals surface area (Å²) < 4.78 is 11.3. The Labute approximate surface area is 182 Å². The number of hydrogen-bond acceptors (Lipinski definition) is 5. The third-order valence-corrected chi connectivity index (χ3v) is 5.14. The van der Waals surface area contributed by atoms with Gasteiger partial charge in [-0.2, -0.15) is 0 Å². The molecule has 0 radical (unpaired) electrons. The highest BCUT2D eigenvalue weighted by Gasteiger charge is 2.33. The minimum Gasteiger partial charge on any atom is -0.489 e. The molecule has 2 heterocycles. The minimum absolute atomic E-state index is 0.134. The van der Waals surface area contributed by atoms with E-state index in [4.69, 9.17) is 9.26 Å². The highest BCUT2D eigenvalue weighted by molar-refractivity contribution is 6.03. The molecule has 162 valence electrons. The first-order valence-corrected chi connectivity index (χ1v) is 10.3. The summed E-state index contributed by atoms with van der Waals surface area (Å²) in [6.45, 7) is 7.59. The Morgan fingerprint density at radius 1 is 1.00 bits per heavy atom. The van der Waals surface area contributed by atoms with Gasteiger partial charge < -0.3 is 9.26 Å². The molecule has 0 spiro atoms. The van der Waals surface area contributed by atoms with Crippen LogP contribution in [0.3, 0.4) is 0 Å². The number of ether oxygens (including phenoxy) is 1. The molecule has 7 nitrogen and oxygen atoms in total. The van der Waals surface area contributed by atoms with Gasteiger partial charge in [-0.25, -0.2) is 4.79 Å². The van der Waals surface area contributed by atoms with Crippen LogP contribution in [-0.4, -0.2) is 36.5 Å². The number of urea groups is 1. The van der Waals surface area contributed by atoms with Crippen molar-refractivity contribution < 1.29 is 14.1 Å². The summed E-state index contributed by atoms with van der Waals surface area (Å²) in [5.41, 5.74) is 1.73. The van der Waals surface area contributed by atoms with Gasteiger partial charge in [-0.1, -0.05) is 56.3 Å². The zero-order valence-electron chi connectivity index (χ0n) is 18.4. The van der Waals surface area contributed by atoms with Crippen LogP contribution in [0.25, 0.3) is 0 Å². The predicted molar refractivity (Wildman–Crippen MR) is 120 cm³/mol. The second kappa shape index (κ2) is 8.43. The normalized spacial score (nSPS) is 15.4. The lowest BCUT2D eigenvalue weighted by molar-refractivity contribution is 0.225. The summed E-state index contributed by atoms with van der Waals surface area (Å²) in [4.78, 5) is 18.6. The molecule has 1 aromatic heterocycles. The fraction of sp³-hybridized carbons (Fsp3) is 0.333. The van der Waals surface area contributed by atoms with Gasteiger partial charge in [0, 0.05) is 17.2 Å². The SMILES string of the molecule is CN1CN(c2ccc(OCc3ccccc3)cc2)C(=O)N(c2cc(C(C)(C)C)on2)C1. The van der Waals surface area contributed by atoms with Crippen LogP contribution < -0.4 is 14.5 Å². The Hall–Kier alpha value is -3.32. The number of aromatic nitrogens is 1. The van der Waals surface area contributed by atoms with Gasteiger partial charge in [0.1, 0.15) is 18.1 Å². The van der Waals surface area contributed by atoms with Gasteiger partial charge in [-0.15, -0.1) is 0 Å². The summed E-state index contributed by atoms with van der Waals surface area (Å²) in [5.74, 6) is 2.03. The van der Waals surface area contributed by atoms with Crippen LogP contribution in [0.4, 0.5) is 16.3 Å². The van der Waals surface area contributed by atoms with E-state index in [0.717, 1.165) is 22.8 Å². The Bertz CT molecular complexity index is 1020. The molecule has 3 aromatic rings. The first kappa shape index (κ1) is 20.9. The molecule has 1 aliphatic rings. The smallest absolute Gasteiger partial charge is 0.332 e. The summed E-state index contributed by atoms with van der Waals surface area (Å²) in [7, 11) is 1.97. The van der Waals surface area contributed by atoms with E-state index >= 15 is 0 Å². The van der Waals surface area contributed by atoms with E-state index in [1.54, 1.807) is 9.80 Å². The molecule has 0 aliphatic carbocycles. The molecule has 0 N–H and O–H groups in total. The van der Waals surface area contributed by atoms with Crippen LogP contribution in [0.1, 0.15) is 32.1 Å². The van der Waals surface area contributed by atoms with Gasteiger partial charge in [-0.05, 0) is 36.9 Å². The van der Waals surface area contributed by atoms with E-state index in [2.05, 4.69) is 25.9 Å². The molecule has 0 atom stereocenters. The van der Waals surface area contributed by atoms with Crippen molar-refractivity contribution >= 4 is 17.5 Å². The fourth-order valence-corrected chi connectivity index (χ4v) is 3.37. The number of carbonyl (C=O) groups is 1. The van der Waals surface area contributed by atoms with Gasteiger partial charge >= 0.3 is 6.03 Å². The van der Waals surface area contributed by atoms with Crippen LogP contribution >= 0.6 is 0 Å². The highest BCUT2D eigenvalue weighted by atomic mass is 16.5. The van der Waals surface area contributed by atoms with Gasteiger partial charge in [0.15, 0.2) is 5.82 Å². The van der Waals surface area contributed by atoms with Crippen LogP contribution in [0.5, 0.6) is 5.75 Å². The van der Waals surface area contributed by atoms with Crippen LogP contribution in [0, 0.1) is 0 Å². The van der Waals surface area contributed by atoms with Crippen molar-refractivity contribution in [3.05, 3.63) is 72.0 Å². The molecular weight excluding hydrogens is 392 g/mol. The maximum absolute atomic E-state index is 13.2. The van der Waals surface area contributed by atoms with Crippen LogP contribution in [0.15, 0.2) is 65.2 Å². The van der Waals surface area contributed by atoms with E-state index in [-0.39, 0.29) is 11.4 Å². The molecule has 4 rings (SSSR count). The van der Waals surface area contributed by atoms with E-state index in [1.807, 2.05) is 72.6 Å². The van der Waals surface area contributed by atoms with Crippen molar-refractivity contribution in [2.24, 2.45) is 0 Å². The fourth-order valence-electron chi connectivity index (χ4n) is 3.37. The molecule has 1 saturated heterocycles. The van der Waals surface area contributed by atoms with E-state index in [0.29, 0.717) is 25.8 Å². The van der Waals surface area contributed by atoms with Crippen molar-refractivity contribution in [3.8, 4) is 5.75 Å². The zero-order chi connectivity index (χ0) is 22.0. The number of hydrogen-bond donors (Lipinski definition) is 0. The number of carbonyl (C=O) groups excluding carboxylic acids is 1. The lowest BCUT2D eigenvalue weighted by Gasteiger charge is -2.39. The number of anilines is 2. The molecule has 31 heavy (non-hydrogen) atoms. The third kappa shape index (κ3) is 4.72. The van der Waals surface area contributed by atoms with Crippen molar-refractivity contribution in [1.82, 2.24) is 10.1 Å². The Kier molecular flexibility index (Phi) is 5.69. The quantitative estimate of drug-likeness (QED) is 0.591. The lowest BCUT2D eigenvalue weighted by Crippen LogP contribution is -2.57. The molecule has 2 amide bonds. The second-order valence-electron chi connectivity index (χ2n) is 8.85. The topological polar surface area (TPSA) is 62.1 Å². The summed E-state index contributed by atoms with van der Waals surface area (Å²) >= 11 is 0. The van der Waals surface area contributed by atoms with Gasteiger partial charge in [0.05, 0.1) is 13.3 Å². The molecule has 0 unspecified atom stereocenters. The lowest BCUT2D eigenvalue weighted by atomic mass is 9.93. The first-order valence-electron chi connectivity index (χ1n) is 10.3. The van der Waals surface area contributed by atoms with E-state index in [9.17, 15) is 4.79 Å². The molecule has 7 heteroatoms. The molecule has 0 bridgehead atoms. The molecule has 2 aromatic carbocycles. The van der Waals surface area contributed by atoms with Crippen LogP contribution in [-0.2, 0) is 12.0 Å². The van der Waals surface area contributed by atoms with E-state index < -0.39 is 0 Å². The summed E-state index contributed by atoms with van der Waals surface area (Å²) in [5, 5.41) is 4.14. The van der Waals surface area contributed by atoms with Crippen LogP contribution in [0.2, 0.25) is 0 Å². The Morgan fingerprint density at radius 3 is 2.32 bits per heavy atom. The van der Waals surface area contributed by atoms with Gasteiger partial charge in [-0.3, -0.25) is 14.7 Å². The average Bonchev–Trinajstić information content (AvgIpc) is 3.26. The van der Waals surface area contributed by atoms with Crippen molar-refractivity contribution in [2.75, 3.05) is 30.2 Å². The second-order valence-corrected chi connectivity index (χ2v) is 8.85. The number of benzene rings is 2. The maximum atomic E-state index is 13.2. The highest BCUT2D eigenvalue weighted by Crippen LogP contribution is 2.29. The standard InChI is InChI=1S/C24H28N4O3/c1-24(2,3)21-14-22(25-31-21)28-17-26(4)16-27(23(28)29)19-10-12-20(13-11-19)30-15-18-8-6-5-7-9-18/h5-14H,15-17H2,1-4H3. The number of amides is 2. The van der Waals surface area contributed by atoms with Gasteiger partial charge in [0.2, 0.25) is 0 Å². The molecular formula is C24H28N4O3. The zero-order valence-corrected chi connectivity index (χ0v) is 18.4. The van der Waals surface area contributed by atoms with Crippen molar-refractivity contribution in [2.45, 2.75) is 32.8 Å². The first-order chi connectivity index (χ1) is 14.8. The minimum atomic E-state index is -0.175. The third-order valence-electron chi connectivity index (χ3n) is 5.14. The number of nitrogens with zero attached hydrogens (tertiary/aromatic N) is 4. The van der Waals surface area contributed by atoms with E-state index in [1.165, 1.54) is 0 Å². The monoisotopic (exact) mass is 420 g/mol. The maximum Gasteiger partial charge on any atom is 0.332 e. The molecule has 1 fully saturated rings. The Morgan fingerprint density at radius 2 is 1.68 bits per heavy atom. The van der Waals surface area contributed by atoms with Crippen molar-refractivity contribution in [3.63, 3.8) is 0 Å². The molecule has 1 aliphatic heterocycles. The number of rotatable bonds is 5. The largest absolute Gasteiger partial charge is 0.489 e. The van der Waals surface area contributed by atoms with Gasteiger partial charge in [0.25, 0.3) is 0 Å². The van der Waals surface area contributed by atoms with Crippen molar-refractivity contribution in [1.29, 1.82) is 0 Å². The summed E-state index contributed by atoms with van der Waals surface area (Å²) in [6.07, 6.45) is 0. The predicted octanol–water partition coefficient (Wildman–Crippen LogP) is 4.84. The Balaban J connectivity index is 1.48. The average molecular weight is 421 g/mol. The molecule has 0 saturated carbocycles. The summed E-state index contributed by atoms with van der Waals surface area (Å²) in [6, 6.07) is 19.3.